The minimum Gasteiger partial charge on any atom is -0.453 e. The van der Waals surface area contributed by atoms with Crippen molar-refractivity contribution in [3.05, 3.63) is 47.8 Å². The van der Waals surface area contributed by atoms with Crippen LogP contribution in [0.1, 0.15) is 77.6 Å². The summed E-state index contributed by atoms with van der Waals surface area (Å²) in [5, 5.41) is 14.6. The molecule has 1 spiro atoms. The van der Waals surface area contributed by atoms with Crippen molar-refractivity contribution in [3.8, 4) is 11.5 Å². The molecule has 1 aromatic carbocycles. The number of ether oxygens (including phenoxy) is 2. The number of hydrogen-bond donors (Lipinski definition) is 2. The number of aliphatic hydroxyl groups is 1. The van der Waals surface area contributed by atoms with Gasteiger partial charge in [-0.3, -0.25) is 4.90 Å². The topological polar surface area (TPSA) is 96.8 Å². The van der Waals surface area contributed by atoms with Gasteiger partial charge in [-0.25, -0.2) is 19.2 Å². The molecule has 2 aliphatic heterocycles. The number of benzene rings is 1. The van der Waals surface area contributed by atoms with Crippen LogP contribution in [0.4, 0.5) is 9.18 Å². The van der Waals surface area contributed by atoms with Crippen LogP contribution < -0.4 is 10.1 Å². The Morgan fingerprint density at radius 1 is 1.25 bits per heavy atom. The van der Waals surface area contributed by atoms with E-state index in [0.717, 1.165) is 25.9 Å². The molecule has 2 atom stereocenters. The van der Waals surface area contributed by atoms with E-state index in [-0.39, 0.29) is 11.5 Å². The monoisotopic (exact) mass is 500 g/mol. The van der Waals surface area contributed by atoms with Crippen LogP contribution in [-0.2, 0) is 10.3 Å². The molecular weight excluding hydrogens is 463 g/mol. The number of nitrogens with one attached hydrogen (secondary N) is 1. The predicted octanol–water partition coefficient (Wildman–Crippen LogP) is 5.08. The molecule has 2 N–H and O–H groups in total. The summed E-state index contributed by atoms with van der Waals surface area (Å²) in [6, 6.07) is 3.75. The number of amides is 1. The van der Waals surface area contributed by atoms with Gasteiger partial charge >= 0.3 is 6.09 Å². The van der Waals surface area contributed by atoms with Crippen LogP contribution in [-0.4, -0.2) is 51.3 Å². The first-order valence-electron chi connectivity index (χ1n) is 12.7. The van der Waals surface area contributed by atoms with Crippen molar-refractivity contribution in [2.75, 3.05) is 19.6 Å². The molecule has 2 aromatic rings. The molecule has 3 heterocycles. The number of nitrogens with zero attached hydrogens (tertiary/aromatic N) is 3. The number of halogens is 1. The number of carbonyl (C=O) groups is 1. The van der Waals surface area contributed by atoms with Crippen molar-refractivity contribution in [1.29, 1.82) is 0 Å². The zero-order chi connectivity index (χ0) is 26.1. The maximum atomic E-state index is 14.2. The lowest BCUT2D eigenvalue weighted by Crippen LogP contribution is -2.40. The standard InChI is InChI=1S/C27H37FN4O4/c1-6-27(34,7-2)19-14-18(28)8-9-20(19)35-21-15-30-17-31-22(21)23-26(10-12-29-16-26)11-13-32(23)24(33)36-25(3,4)5/h8-9,14-15,17,23,29,34H,6-7,10-13,16H2,1-5H3. The third-order valence-electron chi connectivity index (χ3n) is 7.45. The second-order valence-corrected chi connectivity index (χ2v) is 10.9. The van der Waals surface area contributed by atoms with E-state index in [1.165, 1.54) is 24.5 Å². The van der Waals surface area contributed by atoms with Gasteiger partial charge in [0.2, 0.25) is 0 Å². The van der Waals surface area contributed by atoms with Gasteiger partial charge in [-0.1, -0.05) is 13.8 Å². The molecule has 1 amide bonds. The molecule has 4 rings (SSSR count). The Hall–Kier alpha value is -2.78. The van der Waals surface area contributed by atoms with E-state index in [4.69, 9.17) is 9.47 Å². The van der Waals surface area contributed by atoms with Crippen LogP contribution in [0.5, 0.6) is 11.5 Å². The largest absolute Gasteiger partial charge is 0.453 e. The van der Waals surface area contributed by atoms with Crippen LogP contribution in [0, 0.1) is 11.2 Å². The molecular formula is C27H37FN4O4. The van der Waals surface area contributed by atoms with Crippen LogP contribution in [0.2, 0.25) is 0 Å². The van der Waals surface area contributed by atoms with E-state index in [2.05, 4.69) is 15.3 Å². The number of aromatic nitrogens is 2. The van der Waals surface area contributed by atoms with Crippen molar-refractivity contribution in [2.24, 2.45) is 5.41 Å². The molecule has 1 aromatic heterocycles. The quantitative estimate of drug-likeness (QED) is 0.571. The molecule has 0 saturated carbocycles. The Morgan fingerprint density at radius 2 is 2.00 bits per heavy atom. The van der Waals surface area contributed by atoms with E-state index in [9.17, 15) is 14.3 Å². The summed E-state index contributed by atoms with van der Waals surface area (Å²) in [6.07, 6.45) is 5.09. The van der Waals surface area contributed by atoms with Crippen LogP contribution in [0.25, 0.3) is 0 Å². The number of likely N-dealkylation sites (tertiary alicyclic amines) is 1. The Morgan fingerprint density at radius 3 is 2.64 bits per heavy atom. The summed E-state index contributed by atoms with van der Waals surface area (Å²) in [6.45, 7) is 11.4. The van der Waals surface area contributed by atoms with Crippen LogP contribution in [0.15, 0.2) is 30.7 Å². The molecule has 8 nitrogen and oxygen atoms in total. The zero-order valence-electron chi connectivity index (χ0n) is 21.8. The maximum absolute atomic E-state index is 14.2. The fraction of sp³-hybridized carbons (Fsp3) is 0.593. The highest BCUT2D eigenvalue weighted by molar-refractivity contribution is 5.70. The van der Waals surface area contributed by atoms with Gasteiger partial charge in [0.15, 0.2) is 5.75 Å². The maximum Gasteiger partial charge on any atom is 0.410 e. The zero-order valence-corrected chi connectivity index (χ0v) is 21.8. The second-order valence-electron chi connectivity index (χ2n) is 10.9. The van der Waals surface area contributed by atoms with E-state index in [1.54, 1.807) is 11.1 Å². The lowest BCUT2D eigenvalue weighted by Gasteiger charge is -2.35. The normalized spacial score (nSPS) is 22.3. The summed E-state index contributed by atoms with van der Waals surface area (Å²) in [7, 11) is 0. The second kappa shape index (κ2) is 9.94. The summed E-state index contributed by atoms with van der Waals surface area (Å²) in [4.78, 5) is 23.8. The average Bonchev–Trinajstić information content (AvgIpc) is 3.46. The Labute approximate surface area is 212 Å². The number of hydrogen-bond acceptors (Lipinski definition) is 7. The van der Waals surface area contributed by atoms with E-state index < -0.39 is 23.1 Å². The van der Waals surface area contributed by atoms with Gasteiger partial charge < -0.3 is 19.9 Å². The summed E-state index contributed by atoms with van der Waals surface area (Å²) < 4.78 is 26.3. The van der Waals surface area contributed by atoms with Gasteiger partial charge in [0, 0.05) is 24.1 Å². The Bertz CT molecular complexity index is 1090. The third kappa shape index (κ3) is 5.04. The SMILES string of the molecule is CCC(O)(CC)c1cc(F)ccc1Oc1cncnc1C1N(C(=O)OC(C)(C)C)CCC12CCNC2. The summed E-state index contributed by atoms with van der Waals surface area (Å²) in [5.41, 5.74) is -1.16. The Balaban J connectivity index is 1.77. The van der Waals surface area contributed by atoms with Crippen molar-refractivity contribution >= 4 is 6.09 Å². The summed E-state index contributed by atoms with van der Waals surface area (Å²) >= 11 is 0. The molecule has 0 aliphatic carbocycles. The number of rotatable bonds is 6. The van der Waals surface area contributed by atoms with Gasteiger partial charge in [-0.2, -0.15) is 0 Å². The highest BCUT2D eigenvalue weighted by Gasteiger charge is 2.53. The minimum atomic E-state index is -1.25. The first kappa shape index (κ1) is 26.3. The van der Waals surface area contributed by atoms with Crippen LogP contribution in [0.3, 0.4) is 0 Å². The van der Waals surface area contributed by atoms with Crippen molar-refractivity contribution < 1.29 is 23.8 Å². The van der Waals surface area contributed by atoms with Crippen molar-refractivity contribution in [2.45, 2.75) is 77.5 Å². The van der Waals surface area contributed by atoms with E-state index in [0.29, 0.717) is 42.1 Å². The smallest absolute Gasteiger partial charge is 0.410 e. The lowest BCUT2D eigenvalue weighted by atomic mass is 9.78. The van der Waals surface area contributed by atoms with E-state index in [1.807, 2.05) is 34.6 Å². The highest BCUT2D eigenvalue weighted by atomic mass is 19.1. The third-order valence-corrected chi connectivity index (χ3v) is 7.45. The van der Waals surface area contributed by atoms with Gasteiger partial charge in [-0.15, -0.1) is 0 Å². The Kier molecular flexibility index (Phi) is 7.26. The molecule has 9 heteroatoms. The van der Waals surface area contributed by atoms with Gasteiger partial charge in [0.05, 0.1) is 17.8 Å². The van der Waals surface area contributed by atoms with Crippen molar-refractivity contribution in [1.82, 2.24) is 20.2 Å². The fourth-order valence-electron chi connectivity index (χ4n) is 5.42. The highest BCUT2D eigenvalue weighted by Crippen LogP contribution is 2.53. The molecule has 36 heavy (non-hydrogen) atoms. The van der Waals surface area contributed by atoms with Gasteiger partial charge in [-0.05, 0) is 71.2 Å². The number of carbonyl (C=O) groups excluding carboxylic acids is 1. The minimum absolute atomic E-state index is 0.220. The molecule has 0 bridgehead atoms. The molecule has 0 radical (unpaired) electrons. The van der Waals surface area contributed by atoms with Crippen LogP contribution >= 0.6 is 0 Å². The fourth-order valence-corrected chi connectivity index (χ4v) is 5.42. The summed E-state index contributed by atoms with van der Waals surface area (Å²) in [5.74, 6) is 0.246. The average molecular weight is 501 g/mol. The molecule has 2 saturated heterocycles. The predicted molar refractivity (Wildman–Crippen MR) is 133 cm³/mol. The van der Waals surface area contributed by atoms with Crippen molar-refractivity contribution in [3.63, 3.8) is 0 Å². The first-order valence-corrected chi connectivity index (χ1v) is 12.7. The first-order chi connectivity index (χ1) is 17.0. The van der Waals surface area contributed by atoms with Gasteiger partial charge in [0.1, 0.15) is 29.2 Å². The molecule has 2 aliphatic rings. The molecule has 2 unspecified atom stereocenters. The van der Waals surface area contributed by atoms with E-state index >= 15 is 0 Å². The molecule has 2 fully saturated rings. The molecule has 196 valence electrons. The van der Waals surface area contributed by atoms with Gasteiger partial charge in [0.25, 0.3) is 0 Å². The lowest BCUT2D eigenvalue weighted by molar-refractivity contribution is 0.0160.